The summed E-state index contributed by atoms with van der Waals surface area (Å²) in [7, 11) is 3.33. The third kappa shape index (κ3) is 3.55. The van der Waals surface area contributed by atoms with Crippen molar-refractivity contribution in [1.82, 2.24) is 5.43 Å². The fourth-order valence-corrected chi connectivity index (χ4v) is 5.34. The zero-order valence-corrected chi connectivity index (χ0v) is 13.7. The van der Waals surface area contributed by atoms with Crippen LogP contribution in [0.4, 0.5) is 0 Å². The van der Waals surface area contributed by atoms with Crippen LogP contribution in [-0.4, -0.2) is 36.2 Å². The van der Waals surface area contributed by atoms with Gasteiger partial charge in [0.05, 0.1) is 20.3 Å². The van der Waals surface area contributed by atoms with Crippen molar-refractivity contribution in [1.29, 1.82) is 0 Å². The Kier molecular flexibility index (Phi) is 5.89. The lowest BCUT2D eigenvalue weighted by atomic mass is 10.0. The molecule has 0 amide bonds. The summed E-state index contributed by atoms with van der Waals surface area (Å²) < 4.78 is 10.7. The molecule has 3 atom stereocenters. The number of benzene rings is 1. The highest BCUT2D eigenvalue weighted by Gasteiger charge is 2.31. The zero-order valence-electron chi connectivity index (χ0n) is 12.1. The van der Waals surface area contributed by atoms with Gasteiger partial charge in [0, 0.05) is 28.1 Å². The molecule has 1 aliphatic heterocycles. The molecule has 1 aromatic carbocycles. The molecule has 1 fully saturated rings. The van der Waals surface area contributed by atoms with Crippen LogP contribution < -0.4 is 20.7 Å². The van der Waals surface area contributed by atoms with Crippen LogP contribution in [0, 0.1) is 0 Å². The van der Waals surface area contributed by atoms with Gasteiger partial charge in [-0.25, -0.2) is 0 Å². The number of nitrogens with two attached hydrogens (primary N) is 1. The van der Waals surface area contributed by atoms with Gasteiger partial charge >= 0.3 is 0 Å². The topological polar surface area (TPSA) is 56.5 Å². The van der Waals surface area contributed by atoms with Crippen LogP contribution in [0.25, 0.3) is 0 Å². The standard InChI is InChI=1S/C14H22N2O2S2/c1-9-14(20-5-4-19-9)13(16-15)10-6-11(17-2)8-12(7-10)18-3/h6-9,13-14,16H,4-5,15H2,1-3H3. The van der Waals surface area contributed by atoms with Crippen molar-refractivity contribution < 1.29 is 9.47 Å². The number of rotatable bonds is 5. The maximum atomic E-state index is 5.83. The van der Waals surface area contributed by atoms with Crippen molar-refractivity contribution in [3.8, 4) is 11.5 Å². The van der Waals surface area contributed by atoms with Gasteiger partial charge in [0.1, 0.15) is 11.5 Å². The van der Waals surface area contributed by atoms with E-state index in [2.05, 4.69) is 12.3 Å². The van der Waals surface area contributed by atoms with Crippen LogP contribution in [0.15, 0.2) is 18.2 Å². The van der Waals surface area contributed by atoms with Crippen LogP contribution in [0.5, 0.6) is 11.5 Å². The molecule has 20 heavy (non-hydrogen) atoms. The average molecular weight is 314 g/mol. The molecule has 0 bridgehead atoms. The van der Waals surface area contributed by atoms with Crippen LogP contribution >= 0.6 is 23.5 Å². The second-order valence-electron chi connectivity index (χ2n) is 4.70. The molecule has 4 nitrogen and oxygen atoms in total. The Labute approximate surface area is 129 Å². The van der Waals surface area contributed by atoms with Gasteiger partial charge in [-0.1, -0.05) is 6.92 Å². The molecular formula is C14H22N2O2S2. The third-order valence-corrected chi connectivity index (χ3v) is 6.67. The molecular weight excluding hydrogens is 292 g/mol. The Bertz CT molecular complexity index is 423. The summed E-state index contributed by atoms with van der Waals surface area (Å²) in [6, 6.07) is 6.02. The monoisotopic (exact) mass is 314 g/mol. The van der Waals surface area contributed by atoms with E-state index in [4.69, 9.17) is 15.3 Å². The molecule has 2 rings (SSSR count). The summed E-state index contributed by atoms with van der Waals surface area (Å²) in [5.74, 6) is 9.79. The molecule has 0 aromatic heterocycles. The fraction of sp³-hybridized carbons (Fsp3) is 0.571. The third-order valence-electron chi connectivity index (χ3n) is 3.48. The van der Waals surface area contributed by atoms with Crippen molar-refractivity contribution in [2.45, 2.75) is 23.5 Å². The SMILES string of the molecule is COc1cc(OC)cc(C(NN)C2SCCSC2C)c1. The molecule has 3 N–H and O–H groups in total. The highest BCUT2D eigenvalue weighted by molar-refractivity contribution is 8.07. The molecule has 3 unspecified atom stereocenters. The lowest BCUT2D eigenvalue weighted by Gasteiger charge is -2.34. The lowest BCUT2D eigenvalue weighted by molar-refractivity contribution is 0.391. The number of hydrazine groups is 1. The van der Waals surface area contributed by atoms with E-state index in [1.54, 1.807) is 14.2 Å². The first-order chi connectivity index (χ1) is 9.69. The normalized spacial score (nSPS) is 24.2. The van der Waals surface area contributed by atoms with Crippen LogP contribution in [0.1, 0.15) is 18.5 Å². The van der Waals surface area contributed by atoms with E-state index in [-0.39, 0.29) is 6.04 Å². The smallest absolute Gasteiger partial charge is 0.122 e. The minimum absolute atomic E-state index is 0.0896. The largest absolute Gasteiger partial charge is 0.497 e. The second-order valence-corrected chi connectivity index (χ2v) is 7.47. The molecule has 0 spiro atoms. The predicted octanol–water partition coefficient (Wildman–Crippen LogP) is 2.45. The molecule has 1 saturated heterocycles. The molecule has 1 heterocycles. The fourth-order valence-electron chi connectivity index (χ4n) is 2.41. The van der Waals surface area contributed by atoms with E-state index < -0.39 is 0 Å². The van der Waals surface area contributed by atoms with Crippen molar-refractivity contribution in [3.05, 3.63) is 23.8 Å². The Hall–Kier alpha value is -0.560. The molecule has 0 radical (unpaired) electrons. The summed E-state index contributed by atoms with van der Waals surface area (Å²) >= 11 is 3.99. The van der Waals surface area contributed by atoms with Gasteiger partial charge in [-0.15, -0.1) is 0 Å². The first kappa shape index (κ1) is 15.8. The predicted molar refractivity (Wildman–Crippen MR) is 87.8 cm³/mol. The van der Waals surface area contributed by atoms with Gasteiger partial charge in [-0.3, -0.25) is 11.3 Å². The zero-order chi connectivity index (χ0) is 14.5. The number of methoxy groups -OCH3 is 2. The van der Waals surface area contributed by atoms with Crippen molar-refractivity contribution in [3.63, 3.8) is 0 Å². The lowest BCUT2D eigenvalue weighted by Crippen LogP contribution is -2.40. The minimum Gasteiger partial charge on any atom is -0.497 e. The summed E-state index contributed by atoms with van der Waals surface area (Å²) in [5, 5.41) is 1.00. The number of hydrogen-bond donors (Lipinski definition) is 2. The quantitative estimate of drug-likeness (QED) is 0.643. The van der Waals surface area contributed by atoms with Gasteiger partial charge < -0.3 is 9.47 Å². The van der Waals surface area contributed by atoms with Crippen molar-refractivity contribution in [2.75, 3.05) is 25.7 Å². The van der Waals surface area contributed by atoms with E-state index >= 15 is 0 Å². The second kappa shape index (κ2) is 7.45. The van der Waals surface area contributed by atoms with Gasteiger partial charge in [-0.2, -0.15) is 23.5 Å². The van der Waals surface area contributed by atoms with Crippen LogP contribution in [0.2, 0.25) is 0 Å². The number of thioether (sulfide) groups is 2. The number of hydrogen-bond acceptors (Lipinski definition) is 6. The van der Waals surface area contributed by atoms with Crippen molar-refractivity contribution in [2.24, 2.45) is 5.84 Å². The van der Waals surface area contributed by atoms with Crippen molar-refractivity contribution >= 4 is 23.5 Å². The maximum Gasteiger partial charge on any atom is 0.122 e. The van der Waals surface area contributed by atoms with Gasteiger partial charge in [0.2, 0.25) is 0 Å². The molecule has 1 aromatic rings. The average Bonchev–Trinajstić information content (AvgIpc) is 2.49. The summed E-state index contributed by atoms with van der Waals surface area (Å²) in [6.45, 7) is 2.27. The van der Waals surface area contributed by atoms with E-state index in [0.717, 1.165) is 17.1 Å². The summed E-state index contributed by atoms with van der Waals surface area (Å²) in [4.78, 5) is 0. The Morgan fingerprint density at radius 2 is 1.75 bits per heavy atom. The van der Waals surface area contributed by atoms with E-state index in [1.807, 2.05) is 41.7 Å². The first-order valence-corrected chi connectivity index (χ1v) is 8.71. The van der Waals surface area contributed by atoms with Crippen LogP contribution in [-0.2, 0) is 0 Å². The number of nitrogens with one attached hydrogen (secondary N) is 1. The van der Waals surface area contributed by atoms with E-state index in [0.29, 0.717) is 10.5 Å². The van der Waals surface area contributed by atoms with Gasteiger partial charge in [0.25, 0.3) is 0 Å². The van der Waals surface area contributed by atoms with E-state index in [1.165, 1.54) is 11.5 Å². The highest BCUT2D eigenvalue weighted by atomic mass is 32.2. The molecule has 6 heteroatoms. The molecule has 0 saturated carbocycles. The first-order valence-electron chi connectivity index (χ1n) is 6.62. The van der Waals surface area contributed by atoms with E-state index in [9.17, 15) is 0 Å². The highest BCUT2D eigenvalue weighted by Crippen LogP contribution is 2.39. The Morgan fingerprint density at radius 3 is 2.25 bits per heavy atom. The maximum absolute atomic E-state index is 5.83. The Morgan fingerprint density at radius 1 is 1.15 bits per heavy atom. The minimum atomic E-state index is 0.0896. The van der Waals surface area contributed by atoms with Gasteiger partial charge in [0.15, 0.2) is 0 Å². The molecule has 112 valence electrons. The summed E-state index contributed by atoms with van der Waals surface area (Å²) in [5.41, 5.74) is 4.08. The van der Waals surface area contributed by atoms with Gasteiger partial charge in [-0.05, 0) is 17.7 Å². The Balaban J connectivity index is 2.30. The summed E-state index contributed by atoms with van der Waals surface area (Å²) in [6.07, 6.45) is 0. The molecule has 0 aliphatic carbocycles. The number of ether oxygens (including phenoxy) is 2. The molecule has 1 aliphatic rings. The van der Waals surface area contributed by atoms with Crippen LogP contribution in [0.3, 0.4) is 0 Å².